The first-order chi connectivity index (χ1) is 14.0. The SMILES string of the molecule is CCCOP(=O)(OCCC)C(NC(=S)N[C@@H](C)C1CCCCC1)c1ccccc1. The molecule has 1 aliphatic carbocycles. The summed E-state index contributed by atoms with van der Waals surface area (Å²) in [4.78, 5) is 0. The van der Waals surface area contributed by atoms with Crippen molar-refractivity contribution in [3.05, 3.63) is 35.9 Å². The summed E-state index contributed by atoms with van der Waals surface area (Å²) in [5.41, 5.74) is 0.845. The third-order valence-electron chi connectivity index (χ3n) is 5.37. The minimum atomic E-state index is -3.45. The molecule has 1 aromatic carbocycles. The van der Waals surface area contributed by atoms with Gasteiger partial charge in [0, 0.05) is 6.04 Å². The van der Waals surface area contributed by atoms with Gasteiger partial charge in [0.15, 0.2) is 10.9 Å². The van der Waals surface area contributed by atoms with Crippen LogP contribution in [-0.4, -0.2) is 24.4 Å². The molecule has 0 radical (unpaired) electrons. The Balaban J connectivity index is 2.16. The lowest BCUT2D eigenvalue weighted by Gasteiger charge is -2.32. The zero-order chi connectivity index (χ0) is 21.1. The molecule has 0 saturated heterocycles. The molecule has 1 aliphatic rings. The molecule has 2 atom stereocenters. The second-order valence-electron chi connectivity index (χ2n) is 7.82. The maximum Gasteiger partial charge on any atom is 0.357 e. The third kappa shape index (κ3) is 7.67. The highest BCUT2D eigenvalue weighted by molar-refractivity contribution is 7.80. The molecule has 0 aliphatic heterocycles. The Morgan fingerprint density at radius 3 is 2.21 bits per heavy atom. The maximum absolute atomic E-state index is 13.8. The fourth-order valence-corrected chi connectivity index (χ4v) is 6.19. The fraction of sp³-hybridized carbons (Fsp3) is 0.682. The summed E-state index contributed by atoms with van der Waals surface area (Å²) < 4.78 is 25.4. The Kier molecular flexibility index (Phi) is 10.6. The summed E-state index contributed by atoms with van der Waals surface area (Å²) in [6.07, 6.45) is 7.90. The minimum Gasteiger partial charge on any atom is -0.360 e. The van der Waals surface area contributed by atoms with Crippen LogP contribution >= 0.6 is 19.8 Å². The number of hydrogen-bond acceptors (Lipinski definition) is 4. The van der Waals surface area contributed by atoms with Gasteiger partial charge < -0.3 is 19.7 Å². The van der Waals surface area contributed by atoms with Crippen molar-refractivity contribution in [2.75, 3.05) is 13.2 Å². The average Bonchev–Trinajstić information content (AvgIpc) is 2.75. The summed E-state index contributed by atoms with van der Waals surface area (Å²) in [5.74, 6) is -0.0153. The molecule has 164 valence electrons. The van der Waals surface area contributed by atoms with E-state index in [-0.39, 0.29) is 6.04 Å². The van der Waals surface area contributed by atoms with Crippen LogP contribution < -0.4 is 10.6 Å². The van der Waals surface area contributed by atoms with Crippen LogP contribution in [0.1, 0.15) is 77.1 Å². The zero-order valence-corrected chi connectivity index (χ0v) is 19.8. The van der Waals surface area contributed by atoms with E-state index in [1.165, 1.54) is 32.1 Å². The lowest BCUT2D eigenvalue weighted by atomic mass is 9.85. The van der Waals surface area contributed by atoms with Gasteiger partial charge in [-0.1, -0.05) is 63.4 Å². The van der Waals surface area contributed by atoms with Gasteiger partial charge >= 0.3 is 7.60 Å². The Morgan fingerprint density at radius 1 is 1.07 bits per heavy atom. The maximum atomic E-state index is 13.8. The van der Waals surface area contributed by atoms with Crippen molar-refractivity contribution in [3.63, 3.8) is 0 Å². The van der Waals surface area contributed by atoms with E-state index >= 15 is 0 Å². The van der Waals surface area contributed by atoms with Gasteiger partial charge in [0.25, 0.3) is 0 Å². The van der Waals surface area contributed by atoms with Gasteiger partial charge in [-0.05, 0) is 56.3 Å². The van der Waals surface area contributed by atoms with E-state index < -0.39 is 13.4 Å². The largest absolute Gasteiger partial charge is 0.360 e. The van der Waals surface area contributed by atoms with Crippen molar-refractivity contribution in [2.45, 2.75) is 77.5 Å². The van der Waals surface area contributed by atoms with E-state index in [0.29, 0.717) is 24.2 Å². The van der Waals surface area contributed by atoms with E-state index in [0.717, 1.165) is 18.4 Å². The molecule has 1 saturated carbocycles. The second kappa shape index (κ2) is 12.7. The molecular formula is C22H37N2O3PS. The van der Waals surface area contributed by atoms with E-state index in [1.807, 2.05) is 44.2 Å². The minimum absolute atomic E-state index is 0.277. The fourth-order valence-electron chi connectivity index (χ4n) is 3.73. The monoisotopic (exact) mass is 440 g/mol. The summed E-state index contributed by atoms with van der Waals surface area (Å²) in [7, 11) is -3.45. The molecule has 29 heavy (non-hydrogen) atoms. The van der Waals surface area contributed by atoms with Gasteiger partial charge in [0.05, 0.1) is 13.2 Å². The highest BCUT2D eigenvalue weighted by Crippen LogP contribution is 2.59. The van der Waals surface area contributed by atoms with Crippen molar-refractivity contribution < 1.29 is 13.6 Å². The second-order valence-corrected chi connectivity index (χ2v) is 10.3. The molecule has 2 rings (SSSR count). The Labute approximate surface area is 181 Å². The number of benzene rings is 1. The van der Waals surface area contributed by atoms with Crippen LogP contribution in [0.25, 0.3) is 0 Å². The van der Waals surface area contributed by atoms with Gasteiger partial charge in [-0.15, -0.1) is 0 Å². The van der Waals surface area contributed by atoms with Gasteiger partial charge in [0.2, 0.25) is 0 Å². The average molecular weight is 441 g/mol. The van der Waals surface area contributed by atoms with E-state index in [2.05, 4.69) is 17.6 Å². The summed E-state index contributed by atoms with van der Waals surface area (Å²) in [6, 6.07) is 9.93. The predicted octanol–water partition coefficient (Wildman–Crippen LogP) is 6.16. The van der Waals surface area contributed by atoms with Crippen molar-refractivity contribution >= 4 is 24.9 Å². The first-order valence-corrected chi connectivity index (χ1v) is 13.0. The first-order valence-electron chi connectivity index (χ1n) is 11.0. The molecule has 0 bridgehead atoms. The molecule has 0 heterocycles. The normalized spacial score (nSPS) is 17.5. The van der Waals surface area contributed by atoms with Gasteiger partial charge in [-0.2, -0.15) is 0 Å². The highest BCUT2D eigenvalue weighted by Gasteiger charge is 2.38. The smallest absolute Gasteiger partial charge is 0.357 e. The molecule has 7 heteroatoms. The van der Waals surface area contributed by atoms with Crippen LogP contribution in [0.2, 0.25) is 0 Å². The van der Waals surface area contributed by atoms with E-state index in [4.69, 9.17) is 21.3 Å². The van der Waals surface area contributed by atoms with E-state index in [9.17, 15) is 4.57 Å². The zero-order valence-electron chi connectivity index (χ0n) is 18.1. The van der Waals surface area contributed by atoms with Crippen LogP contribution in [0, 0.1) is 5.92 Å². The topological polar surface area (TPSA) is 59.6 Å². The van der Waals surface area contributed by atoms with Gasteiger partial charge in [-0.3, -0.25) is 4.57 Å². The summed E-state index contributed by atoms with van der Waals surface area (Å²) >= 11 is 5.62. The van der Waals surface area contributed by atoms with Crippen molar-refractivity contribution in [1.29, 1.82) is 0 Å². The molecule has 5 nitrogen and oxygen atoms in total. The number of thiocarbonyl (C=S) groups is 1. The molecule has 2 N–H and O–H groups in total. The van der Waals surface area contributed by atoms with Crippen LogP contribution in [0.5, 0.6) is 0 Å². The molecule has 0 amide bonds. The lowest BCUT2D eigenvalue weighted by molar-refractivity contribution is 0.195. The molecule has 1 unspecified atom stereocenters. The van der Waals surface area contributed by atoms with Gasteiger partial charge in [0.1, 0.15) is 0 Å². The summed E-state index contributed by atoms with van der Waals surface area (Å²) in [6.45, 7) is 6.93. The number of nitrogens with one attached hydrogen (secondary N) is 2. The van der Waals surface area contributed by atoms with Crippen LogP contribution in [0.3, 0.4) is 0 Å². The molecule has 0 spiro atoms. The van der Waals surface area contributed by atoms with Crippen LogP contribution in [0.4, 0.5) is 0 Å². The van der Waals surface area contributed by atoms with Crippen molar-refractivity contribution in [1.82, 2.24) is 10.6 Å². The Morgan fingerprint density at radius 2 is 1.66 bits per heavy atom. The molecule has 0 aromatic heterocycles. The molecule has 1 aromatic rings. The number of hydrogen-bond donors (Lipinski definition) is 2. The number of rotatable bonds is 11. The lowest BCUT2D eigenvalue weighted by Crippen LogP contribution is -2.45. The first kappa shape index (κ1) is 24.3. The van der Waals surface area contributed by atoms with E-state index in [1.54, 1.807) is 0 Å². The van der Waals surface area contributed by atoms with Crippen molar-refractivity contribution in [3.8, 4) is 0 Å². The van der Waals surface area contributed by atoms with Crippen LogP contribution in [0.15, 0.2) is 30.3 Å². The summed E-state index contributed by atoms with van der Waals surface area (Å²) in [5, 5.41) is 7.19. The standard InChI is InChI=1S/C22H37N2O3PS/c1-4-16-26-28(25,27-17-5-2)21(20-14-10-7-11-15-20)24-22(29)23-18(3)19-12-8-6-9-13-19/h7,10-11,14-15,18-19,21H,4-6,8-9,12-13,16-17H2,1-3H3,(H2,23,24,29)/t18-,21?/m0/s1. The van der Waals surface area contributed by atoms with Gasteiger partial charge in [-0.25, -0.2) is 0 Å². The highest BCUT2D eigenvalue weighted by atomic mass is 32.1. The predicted molar refractivity (Wildman–Crippen MR) is 124 cm³/mol. The third-order valence-corrected chi connectivity index (χ3v) is 7.75. The van der Waals surface area contributed by atoms with Crippen molar-refractivity contribution in [2.24, 2.45) is 5.92 Å². The van der Waals surface area contributed by atoms with Crippen LogP contribution in [-0.2, 0) is 13.6 Å². The Hall–Kier alpha value is -0.940. The quantitative estimate of drug-likeness (QED) is 0.317. The molecular weight excluding hydrogens is 403 g/mol. The molecule has 1 fully saturated rings. The Bertz CT molecular complexity index is 641.